The van der Waals surface area contributed by atoms with Crippen LogP contribution in [0, 0.1) is 0 Å². The molecule has 4 heteroatoms. The third-order valence-corrected chi connectivity index (χ3v) is 2.37. The van der Waals surface area contributed by atoms with Crippen molar-refractivity contribution in [2.24, 2.45) is 0 Å². The number of nitrogens with one attached hydrogen (secondary N) is 1. The fraction of sp³-hybridized carbons (Fsp3) is 0.417. The van der Waals surface area contributed by atoms with E-state index in [0.29, 0.717) is 11.8 Å². The summed E-state index contributed by atoms with van der Waals surface area (Å²) in [5.74, 6) is 1.39. The molecule has 1 fully saturated rings. The molecule has 1 aliphatic carbocycles. The number of hydrogen-bond donors (Lipinski definition) is 1. The second-order valence-corrected chi connectivity index (χ2v) is 3.81. The maximum atomic E-state index is 11.3. The van der Waals surface area contributed by atoms with Gasteiger partial charge in [0.15, 0.2) is 6.61 Å². The monoisotopic (exact) mass is 221 g/mol. The van der Waals surface area contributed by atoms with Crippen LogP contribution in [0.5, 0.6) is 11.5 Å². The molecule has 1 aromatic carbocycles. The molecule has 16 heavy (non-hydrogen) atoms. The largest absolute Gasteiger partial charge is 0.497 e. The van der Waals surface area contributed by atoms with Gasteiger partial charge in [0.05, 0.1) is 7.11 Å². The maximum Gasteiger partial charge on any atom is 0.258 e. The predicted molar refractivity (Wildman–Crippen MR) is 59.7 cm³/mol. The van der Waals surface area contributed by atoms with Crippen molar-refractivity contribution in [3.8, 4) is 11.5 Å². The van der Waals surface area contributed by atoms with Gasteiger partial charge in [0, 0.05) is 6.04 Å². The first-order chi connectivity index (χ1) is 7.78. The highest BCUT2D eigenvalue weighted by molar-refractivity contribution is 5.78. The second-order valence-electron chi connectivity index (χ2n) is 3.81. The summed E-state index contributed by atoms with van der Waals surface area (Å²) in [4.78, 5) is 11.3. The Morgan fingerprint density at radius 3 is 2.50 bits per heavy atom. The molecule has 0 saturated heterocycles. The van der Waals surface area contributed by atoms with Crippen LogP contribution in [0.25, 0.3) is 0 Å². The SMILES string of the molecule is COc1ccc(OCC(=O)NC2CC2)cc1. The molecular weight excluding hydrogens is 206 g/mol. The maximum absolute atomic E-state index is 11.3. The van der Waals surface area contributed by atoms with E-state index in [4.69, 9.17) is 9.47 Å². The van der Waals surface area contributed by atoms with Gasteiger partial charge in [-0.3, -0.25) is 4.79 Å². The molecule has 0 aliphatic heterocycles. The van der Waals surface area contributed by atoms with Crippen LogP contribution < -0.4 is 14.8 Å². The molecule has 0 unspecified atom stereocenters. The van der Waals surface area contributed by atoms with Gasteiger partial charge < -0.3 is 14.8 Å². The van der Waals surface area contributed by atoms with Crippen LogP contribution in [0.15, 0.2) is 24.3 Å². The van der Waals surface area contributed by atoms with Crippen LogP contribution in [0.2, 0.25) is 0 Å². The first kappa shape index (κ1) is 10.8. The molecule has 1 aliphatic rings. The first-order valence-corrected chi connectivity index (χ1v) is 5.34. The quantitative estimate of drug-likeness (QED) is 0.816. The van der Waals surface area contributed by atoms with E-state index in [1.54, 1.807) is 31.4 Å². The van der Waals surface area contributed by atoms with E-state index in [9.17, 15) is 4.79 Å². The predicted octanol–water partition coefficient (Wildman–Crippen LogP) is 1.35. The van der Waals surface area contributed by atoms with E-state index < -0.39 is 0 Å². The smallest absolute Gasteiger partial charge is 0.258 e. The van der Waals surface area contributed by atoms with Crippen LogP contribution in [0.4, 0.5) is 0 Å². The van der Waals surface area contributed by atoms with E-state index in [2.05, 4.69) is 5.32 Å². The Balaban J connectivity index is 1.76. The number of carbonyl (C=O) groups is 1. The van der Waals surface area contributed by atoms with E-state index in [0.717, 1.165) is 18.6 Å². The third-order valence-electron chi connectivity index (χ3n) is 2.37. The molecule has 0 aromatic heterocycles. The summed E-state index contributed by atoms with van der Waals surface area (Å²) in [7, 11) is 1.61. The van der Waals surface area contributed by atoms with E-state index in [1.807, 2.05) is 0 Å². The molecule has 1 N–H and O–H groups in total. The summed E-state index contributed by atoms with van der Waals surface area (Å²) in [5.41, 5.74) is 0. The minimum absolute atomic E-state index is 0.0571. The fourth-order valence-electron chi connectivity index (χ4n) is 1.32. The highest BCUT2D eigenvalue weighted by Gasteiger charge is 2.23. The topological polar surface area (TPSA) is 47.6 Å². The number of benzene rings is 1. The molecule has 0 bridgehead atoms. The highest BCUT2D eigenvalue weighted by atomic mass is 16.5. The third kappa shape index (κ3) is 3.15. The lowest BCUT2D eigenvalue weighted by atomic mass is 10.3. The number of methoxy groups -OCH3 is 1. The first-order valence-electron chi connectivity index (χ1n) is 5.34. The molecule has 1 saturated carbocycles. The van der Waals surface area contributed by atoms with Crippen molar-refractivity contribution >= 4 is 5.91 Å². The lowest BCUT2D eigenvalue weighted by Gasteiger charge is -2.07. The average molecular weight is 221 g/mol. The minimum Gasteiger partial charge on any atom is -0.497 e. The van der Waals surface area contributed by atoms with Crippen molar-refractivity contribution in [1.29, 1.82) is 0 Å². The number of ether oxygens (including phenoxy) is 2. The van der Waals surface area contributed by atoms with Gasteiger partial charge in [0.2, 0.25) is 0 Å². The van der Waals surface area contributed by atoms with Gasteiger partial charge in [-0.15, -0.1) is 0 Å². The number of hydrogen-bond acceptors (Lipinski definition) is 3. The summed E-state index contributed by atoms with van der Waals surface area (Å²) in [5, 5.41) is 2.86. The summed E-state index contributed by atoms with van der Waals surface area (Å²) < 4.78 is 10.3. The molecule has 0 heterocycles. The van der Waals surface area contributed by atoms with Crippen LogP contribution in [0.3, 0.4) is 0 Å². The molecular formula is C12H15NO3. The normalized spacial score (nSPS) is 14.3. The van der Waals surface area contributed by atoms with Gasteiger partial charge in [-0.1, -0.05) is 0 Å². The summed E-state index contributed by atoms with van der Waals surface area (Å²) in [6, 6.07) is 7.54. The molecule has 1 amide bonds. The Labute approximate surface area is 94.6 Å². The van der Waals surface area contributed by atoms with Crippen molar-refractivity contribution in [3.05, 3.63) is 24.3 Å². The van der Waals surface area contributed by atoms with Crippen molar-refractivity contribution < 1.29 is 14.3 Å². The standard InChI is InChI=1S/C12H15NO3/c1-15-10-4-6-11(7-5-10)16-8-12(14)13-9-2-3-9/h4-7,9H,2-3,8H2,1H3,(H,13,14). The molecule has 4 nitrogen and oxygen atoms in total. The molecule has 0 spiro atoms. The zero-order chi connectivity index (χ0) is 11.4. The Bertz CT molecular complexity index is 357. The van der Waals surface area contributed by atoms with Crippen molar-refractivity contribution in [2.45, 2.75) is 18.9 Å². The van der Waals surface area contributed by atoms with E-state index in [1.165, 1.54) is 0 Å². The van der Waals surface area contributed by atoms with E-state index >= 15 is 0 Å². The minimum atomic E-state index is -0.0571. The van der Waals surface area contributed by atoms with Gasteiger partial charge in [-0.05, 0) is 37.1 Å². The van der Waals surface area contributed by atoms with Gasteiger partial charge in [0.1, 0.15) is 11.5 Å². The fourth-order valence-corrected chi connectivity index (χ4v) is 1.32. The summed E-state index contributed by atoms with van der Waals surface area (Å²) in [6.07, 6.45) is 2.18. The van der Waals surface area contributed by atoms with Gasteiger partial charge in [-0.25, -0.2) is 0 Å². The lowest BCUT2D eigenvalue weighted by Crippen LogP contribution is -2.30. The van der Waals surface area contributed by atoms with Gasteiger partial charge in [-0.2, -0.15) is 0 Å². The summed E-state index contributed by atoms with van der Waals surface area (Å²) in [6.45, 7) is 0.0723. The average Bonchev–Trinajstić information content (AvgIpc) is 3.11. The molecule has 2 rings (SSSR count). The van der Waals surface area contributed by atoms with Crippen molar-refractivity contribution in [3.63, 3.8) is 0 Å². The number of rotatable bonds is 5. The molecule has 86 valence electrons. The van der Waals surface area contributed by atoms with Crippen LogP contribution in [0.1, 0.15) is 12.8 Å². The van der Waals surface area contributed by atoms with Crippen LogP contribution >= 0.6 is 0 Å². The molecule has 0 radical (unpaired) electrons. The van der Waals surface area contributed by atoms with E-state index in [-0.39, 0.29) is 12.5 Å². The van der Waals surface area contributed by atoms with Gasteiger partial charge in [0.25, 0.3) is 5.91 Å². The molecule has 0 atom stereocenters. The Kier molecular flexibility index (Phi) is 3.29. The van der Waals surface area contributed by atoms with Crippen molar-refractivity contribution in [2.75, 3.05) is 13.7 Å². The lowest BCUT2D eigenvalue weighted by molar-refractivity contribution is -0.123. The van der Waals surface area contributed by atoms with Gasteiger partial charge >= 0.3 is 0 Å². The summed E-state index contributed by atoms with van der Waals surface area (Å²) >= 11 is 0. The Hall–Kier alpha value is -1.71. The van der Waals surface area contributed by atoms with Crippen LogP contribution in [-0.4, -0.2) is 25.7 Å². The zero-order valence-electron chi connectivity index (χ0n) is 9.23. The number of amides is 1. The second kappa shape index (κ2) is 4.88. The highest BCUT2D eigenvalue weighted by Crippen LogP contribution is 2.19. The van der Waals surface area contributed by atoms with Crippen molar-refractivity contribution in [1.82, 2.24) is 5.32 Å². The zero-order valence-corrected chi connectivity index (χ0v) is 9.23. The molecule has 1 aromatic rings. The number of carbonyl (C=O) groups excluding carboxylic acids is 1. The Morgan fingerprint density at radius 1 is 1.31 bits per heavy atom. The Morgan fingerprint density at radius 2 is 1.94 bits per heavy atom. The van der Waals surface area contributed by atoms with Crippen LogP contribution in [-0.2, 0) is 4.79 Å².